The zero-order valence-electron chi connectivity index (χ0n) is 11.6. The summed E-state index contributed by atoms with van der Waals surface area (Å²) >= 11 is 0. The average Bonchev–Trinajstić information content (AvgIpc) is 2.86. The van der Waals surface area contributed by atoms with Crippen molar-refractivity contribution in [1.82, 2.24) is 9.55 Å². The third-order valence-electron chi connectivity index (χ3n) is 3.04. The monoisotopic (exact) mass is 281 g/mol. The van der Waals surface area contributed by atoms with E-state index in [4.69, 9.17) is 4.74 Å². The van der Waals surface area contributed by atoms with Gasteiger partial charge in [0.25, 0.3) is 0 Å². The van der Waals surface area contributed by atoms with Crippen LogP contribution >= 0.6 is 0 Å². The van der Waals surface area contributed by atoms with Crippen molar-refractivity contribution in [1.29, 1.82) is 0 Å². The lowest BCUT2D eigenvalue weighted by Crippen LogP contribution is -2.15. The fourth-order valence-corrected chi connectivity index (χ4v) is 2.13. The summed E-state index contributed by atoms with van der Waals surface area (Å²) in [5.41, 5.74) is 2.32. The summed E-state index contributed by atoms with van der Waals surface area (Å²) in [6.07, 6.45) is -0.440. The zero-order valence-corrected chi connectivity index (χ0v) is 11.6. The number of fused-ring (bicyclic) bond motifs is 1. The Kier molecular flexibility index (Phi) is 3.55. The standard InChI is InChI=1S/C16H15N3O2/c1-2-21-16(20)19-14-11-7-6-10-13(14)18-15(19)17-12-8-4-3-5-9-12/h3-11H,2H2,1H3,(H,17,18). The molecule has 0 unspecified atom stereocenters. The number of hydrogen-bond acceptors (Lipinski definition) is 4. The number of carbonyl (C=O) groups is 1. The highest BCUT2D eigenvalue weighted by molar-refractivity contribution is 5.91. The molecule has 5 nitrogen and oxygen atoms in total. The molecule has 0 aliphatic heterocycles. The summed E-state index contributed by atoms with van der Waals surface area (Å²) < 4.78 is 6.57. The Labute approximate surface area is 122 Å². The van der Waals surface area contributed by atoms with Crippen LogP contribution in [0.15, 0.2) is 54.6 Å². The fourth-order valence-electron chi connectivity index (χ4n) is 2.13. The molecule has 3 rings (SSSR count). The highest BCUT2D eigenvalue weighted by Crippen LogP contribution is 2.22. The van der Waals surface area contributed by atoms with E-state index < -0.39 is 6.09 Å². The summed E-state index contributed by atoms with van der Waals surface area (Å²) in [6.45, 7) is 2.09. The van der Waals surface area contributed by atoms with Crippen molar-refractivity contribution in [2.45, 2.75) is 6.92 Å². The van der Waals surface area contributed by atoms with Crippen molar-refractivity contribution in [3.05, 3.63) is 54.6 Å². The lowest BCUT2D eigenvalue weighted by Gasteiger charge is -2.09. The molecule has 1 N–H and O–H groups in total. The number of nitrogens with zero attached hydrogens (tertiary/aromatic N) is 2. The van der Waals surface area contributed by atoms with Crippen LogP contribution in [0.1, 0.15) is 6.92 Å². The predicted octanol–water partition coefficient (Wildman–Crippen LogP) is 3.78. The number of benzene rings is 2. The Morgan fingerprint density at radius 2 is 1.86 bits per heavy atom. The second-order valence-corrected chi connectivity index (χ2v) is 4.45. The quantitative estimate of drug-likeness (QED) is 0.793. The van der Waals surface area contributed by atoms with Gasteiger partial charge in [-0.15, -0.1) is 0 Å². The van der Waals surface area contributed by atoms with Crippen molar-refractivity contribution in [3.63, 3.8) is 0 Å². The topological polar surface area (TPSA) is 56.1 Å². The first-order valence-corrected chi connectivity index (χ1v) is 6.76. The molecule has 21 heavy (non-hydrogen) atoms. The zero-order chi connectivity index (χ0) is 14.7. The number of hydrogen-bond donors (Lipinski definition) is 1. The summed E-state index contributed by atoms with van der Waals surface area (Å²) in [5, 5.41) is 3.15. The van der Waals surface area contributed by atoms with Gasteiger partial charge in [0, 0.05) is 5.69 Å². The minimum absolute atomic E-state index is 0.316. The van der Waals surface area contributed by atoms with Crippen LogP contribution in [0.5, 0.6) is 0 Å². The minimum Gasteiger partial charge on any atom is -0.449 e. The number of nitrogens with one attached hydrogen (secondary N) is 1. The van der Waals surface area contributed by atoms with Gasteiger partial charge in [-0.25, -0.2) is 14.3 Å². The molecule has 0 saturated heterocycles. The molecular weight excluding hydrogens is 266 g/mol. The molecule has 0 atom stereocenters. The van der Waals surface area contributed by atoms with Gasteiger partial charge in [0.2, 0.25) is 5.95 Å². The molecule has 0 fully saturated rings. The van der Waals surface area contributed by atoms with Crippen LogP contribution in [0.4, 0.5) is 16.4 Å². The molecule has 0 bridgehead atoms. The van der Waals surface area contributed by atoms with Crippen molar-refractivity contribution >= 4 is 28.8 Å². The van der Waals surface area contributed by atoms with Crippen molar-refractivity contribution in [2.75, 3.05) is 11.9 Å². The summed E-state index contributed by atoms with van der Waals surface area (Å²) in [7, 11) is 0. The molecule has 0 amide bonds. The molecular formula is C16H15N3O2. The SMILES string of the molecule is CCOC(=O)n1c(Nc2ccccc2)nc2ccccc21. The van der Waals surface area contributed by atoms with E-state index in [-0.39, 0.29) is 0 Å². The van der Waals surface area contributed by atoms with Crippen molar-refractivity contribution in [3.8, 4) is 0 Å². The van der Waals surface area contributed by atoms with Gasteiger partial charge in [0.1, 0.15) is 0 Å². The first kappa shape index (κ1) is 13.2. The Balaban J connectivity index is 2.08. The first-order chi connectivity index (χ1) is 10.3. The first-order valence-electron chi connectivity index (χ1n) is 6.76. The Bertz CT molecular complexity index is 766. The third kappa shape index (κ3) is 2.58. The minimum atomic E-state index is -0.440. The van der Waals surface area contributed by atoms with Crippen LogP contribution < -0.4 is 5.32 Å². The molecule has 2 aromatic carbocycles. The molecule has 1 aromatic heterocycles. The largest absolute Gasteiger partial charge is 0.449 e. The van der Waals surface area contributed by atoms with E-state index in [1.54, 1.807) is 6.92 Å². The van der Waals surface area contributed by atoms with Crippen molar-refractivity contribution in [2.24, 2.45) is 0 Å². The van der Waals surface area contributed by atoms with Gasteiger partial charge in [0.15, 0.2) is 0 Å². The summed E-state index contributed by atoms with van der Waals surface area (Å²) in [6, 6.07) is 17.0. The van der Waals surface area contributed by atoms with E-state index in [0.717, 1.165) is 16.7 Å². The van der Waals surface area contributed by atoms with E-state index in [2.05, 4.69) is 10.3 Å². The van der Waals surface area contributed by atoms with E-state index in [1.807, 2.05) is 54.6 Å². The van der Waals surface area contributed by atoms with Gasteiger partial charge >= 0.3 is 6.09 Å². The van der Waals surface area contributed by atoms with E-state index in [0.29, 0.717) is 12.6 Å². The second kappa shape index (κ2) is 5.66. The van der Waals surface area contributed by atoms with Gasteiger partial charge in [-0.2, -0.15) is 0 Å². The smallest absolute Gasteiger partial charge is 0.421 e. The van der Waals surface area contributed by atoms with Crippen LogP contribution in [0, 0.1) is 0 Å². The Hall–Kier alpha value is -2.82. The van der Waals surface area contributed by atoms with Crippen LogP contribution in [0.2, 0.25) is 0 Å². The molecule has 5 heteroatoms. The maximum atomic E-state index is 12.2. The average molecular weight is 281 g/mol. The summed E-state index contributed by atoms with van der Waals surface area (Å²) in [5.74, 6) is 0.445. The highest BCUT2D eigenvalue weighted by Gasteiger charge is 2.17. The van der Waals surface area contributed by atoms with Gasteiger partial charge in [-0.3, -0.25) is 0 Å². The summed E-state index contributed by atoms with van der Waals surface area (Å²) in [4.78, 5) is 16.7. The maximum absolute atomic E-state index is 12.2. The van der Waals surface area contributed by atoms with E-state index >= 15 is 0 Å². The van der Waals surface area contributed by atoms with Crippen LogP contribution in [-0.4, -0.2) is 22.3 Å². The predicted molar refractivity (Wildman–Crippen MR) is 81.9 cm³/mol. The number of imidazole rings is 1. The molecule has 0 aliphatic carbocycles. The molecule has 0 saturated carbocycles. The van der Waals surface area contributed by atoms with Crippen LogP contribution in [0.25, 0.3) is 11.0 Å². The lowest BCUT2D eigenvalue weighted by molar-refractivity contribution is 0.155. The molecule has 0 aliphatic rings. The Morgan fingerprint density at radius 1 is 1.14 bits per heavy atom. The highest BCUT2D eigenvalue weighted by atomic mass is 16.5. The maximum Gasteiger partial charge on any atom is 0.421 e. The molecule has 106 valence electrons. The number of rotatable bonds is 3. The van der Waals surface area contributed by atoms with Crippen LogP contribution in [0.3, 0.4) is 0 Å². The van der Waals surface area contributed by atoms with Gasteiger partial charge in [-0.05, 0) is 31.2 Å². The van der Waals surface area contributed by atoms with E-state index in [9.17, 15) is 4.79 Å². The van der Waals surface area contributed by atoms with Gasteiger partial charge in [-0.1, -0.05) is 30.3 Å². The second-order valence-electron chi connectivity index (χ2n) is 4.45. The van der Waals surface area contributed by atoms with Crippen molar-refractivity contribution < 1.29 is 9.53 Å². The Morgan fingerprint density at radius 3 is 2.62 bits per heavy atom. The number of anilines is 2. The van der Waals surface area contributed by atoms with E-state index in [1.165, 1.54) is 4.57 Å². The third-order valence-corrected chi connectivity index (χ3v) is 3.04. The molecule has 0 radical (unpaired) electrons. The van der Waals surface area contributed by atoms with Crippen LogP contribution in [-0.2, 0) is 4.74 Å². The molecule has 1 heterocycles. The lowest BCUT2D eigenvalue weighted by atomic mass is 10.3. The van der Waals surface area contributed by atoms with Gasteiger partial charge in [0.05, 0.1) is 17.6 Å². The molecule has 3 aromatic rings. The number of ether oxygens (including phenoxy) is 1. The fraction of sp³-hybridized carbons (Fsp3) is 0.125. The number of aromatic nitrogens is 2. The molecule has 0 spiro atoms. The number of para-hydroxylation sites is 3. The van der Waals surface area contributed by atoms with Gasteiger partial charge < -0.3 is 10.1 Å². The number of carbonyl (C=O) groups excluding carboxylic acids is 1. The normalized spacial score (nSPS) is 10.5.